The summed E-state index contributed by atoms with van der Waals surface area (Å²) in [5.41, 5.74) is 5.27. The lowest BCUT2D eigenvalue weighted by atomic mass is 10.0. The van der Waals surface area contributed by atoms with Crippen molar-refractivity contribution >= 4 is 5.91 Å². The first-order valence-corrected chi connectivity index (χ1v) is 5.30. The van der Waals surface area contributed by atoms with Crippen molar-refractivity contribution in [3.05, 3.63) is 0 Å². The number of carbonyl (C=O) groups excluding carboxylic acids is 1. The Kier molecular flexibility index (Phi) is 4.35. The van der Waals surface area contributed by atoms with E-state index in [0.717, 1.165) is 25.9 Å². The zero-order chi connectivity index (χ0) is 10.6. The fraction of sp³-hybridized carbons (Fsp3) is 0.900. The van der Waals surface area contributed by atoms with Gasteiger partial charge in [0.2, 0.25) is 5.91 Å². The number of ether oxygens (including phenoxy) is 1. The summed E-state index contributed by atoms with van der Waals surface area (Å²) in [6.07, 6.45) is 2.96. The number of hydrogen-bond donors (Lipinski definition) is 2. The van der Waals surface area contributed by atoms with E-state index in [0.29, 0.717) is 6.04 Å². The van der Waals surface area contributed by atoms with Crippen LogP contribution in [0.1, 0.15) is 33.1 Å². The van der Waals surface area contributed by atoms with Gasteiger partial charge in [0.15, 0.2) is 0 Å². The Bertz CT molecular complexity index is 197. The van der Waals surface area contributed by atoms with Crippen LogP contribution in [0, 0.1) is 0 Å². The van der Waals surface area contributed by atoms with E-state index < -0.39 is 0 Å². The molecule has 4 nitrogen and oxygen atoms in total. The van der Waals surface area contributed by atoms with Gasteiger partial charge < -0.3 is 15.8 Å². The van der Waals surface area contributed by atoms with Crippen LogP contribution in [0.5, 0.6) is 0 Å². The van der Waals surface area contributed by atoms with Gasteiger partial charge in [-0.2, -0.15) is 0 Å². The number of primary amides is 1. The van der Waals surface area contributed by atoms with Crippen molar-refractivity contribution in [2.24, 2.45) is 5.73 Å². The fourth-order valence-corrected chi connectivity index (χ4v) is 1.84. The molecule has 1 heterocycles. The van der Waals surface area contributed by atoms with Crippen molar-refractivity contribution in [1.82, 2.24) is 5.32 Å². The molecule has 1 fully saturated rings. The van der Waals surface area contributed by atoms with Gasteiger partial charge in [-0.15, -0.1) is 0 Å². The minimum Gasteiger partial charge on any atom is -0.378 e. The van der Waals surface area contributed by atoms with E-state index in [1.165, 1.54) is 0 Å². The van der Waals surface area contributed by atoms with Crippen LogP contribution < -0.4 is 11.1 Å². The van der Waals surface area contributed by atoms with Gasteiger partial charge >= 0.3 is 0 Å². The molecule has 0 aromatic heterocycles. The molecule has 1 saturated heterocycles. The van der Waals surface area contributed by atoms with Gasteiger partial charge in [-0.1, -0.05) is 6.92 Å². The first kappa shape index (κ1) is 11.5. The number of carbonyl (C=O) groups is 1. The second-order valence-electron chi connectivity index (χ2n) is 3.93. The zero-order valence-corrected chi connectivity index (χ0v) is 8.95. The summed E-state index contributed by atoms with van der Waals surface area (Å²) in [5, 5.41) is 3.28. The maximum absolute atomic E-state index is 11.0. The smallest absolute Gasteiger partial charge is 0.234 e. The van der Waals surface area contributed by atoms with Crippen molar-refractivity contribution in [3.8, 4) is 0 Å². The summed E-state index contributed by atoms with van der Waals surface area (Å²) < 4.78 is 5.43. The zero-order valence-electron chi connectivity index (χ0n) is 8.95. The molecule has 14 heavy (non-hydrogen) atoms. The highest BCUT2D eigenvalue weighted by Gasteiger charge is 2.23. The third-order valence-electron chi connectivity index (χ3n) is 2.67. The molecule has 0 spiro atoms. The Hall–Kier alpha value is -0.610. The van der Waals surface area contributed by atoms with Gasteiger partial charge in [-0.05, 0) is 26.2 Å². The van der Waals surface area contributed by atoms with Crippen molar-refractivity contribution in [1.29, 1.82) is 0 Å². The summed E-state index contributed by atoms with van der Waals surface area (Å²) in [6.45, 7) is 4.79. The Morgan fingerprint density at radius 2 is 2.43 bits per heavy atom. The molecule has 0 bridgehead atoms. The molecule has 1 rings (SSSR count). The van der Waals surface area contributed by atoms with Crippen molar-refractivity contribution in [3.63, 3.8) is 0 Å². The van der Waals surface area contributed by atoms with Crippen LogP contribution in [0.25, 0.3) is 0 Å². The molecule has 0 aromatic carbocycles. The van der Waals surface area contributed by atoms with E-state index >= 15 is 0 Å². The van der Waals surface area contributed by atoms with Gasteiger partial charge in [-0.3, -0.25) is 4.79 Å². The van der Waals surface area contributed by atoms with E-state index in [9.17, 15) is 4.79 Å². The third-order valence-corrected chi connectivity index (χ3v) is 2.67. The van der Waals surface area contributed by atoms with Gasteiger partial charge in [0.1, 0.15) is 0 Å². The SMILES string of the molecule is CCC(NC1CCOC(C)C1)C(N)=O. The van der Waals surface area contributed by atoms with Crippen LogP contribution in [0.2, 0.25) is 0 Å². The third kappa shape index (κ3) is 3.27. The number of hydrogen-bond acceptors (Lipinski definition) is 3. The van der Waals surface area contributed by atoms with E-state index in [-0.39, 0.29) is 18.1 Å². The average molecular weight is 200 g/mol. The van der Waals surface area contributed by atoms with E-state index in [1.807, 2.05) is 6.92 Å². The fourth-order valence-electron chi connectivity index (χ4n) is 1.84. The molecule has 1 aliphatic rings. The number of nitrogens with one attached hydrogen (secondary N) is 1. The quantitative estimate of drug-likeness (QED) is 0.690. The highest BCUT2D eigenvalue weighted by atomic mass is 16.5. The molecule has 0 saturated carbocycles. The summed E-state index contributed by atoms with van der Waals surface area (Å²) >= 11 is 0. The molecule has 3 atom stereocenters. The molecule has 0 aromatic rings. The van der Waals surface area contributed by atoms with Crippen molar-refractivity contribution < 1.29 is 9.53 Å². The summed E-state index contributed by atoms with van der Waals surface area (Å²) in [5.74, 6) is -0.258. The molecular formula is C10H20N2O2. The van der Waals surface area contributed by atoms with E-state index in [4.69, 9.17) is 10.5 Å². The highest BCUT2D eigenvalue weighted by molar-refractivity contribution is 5.79. The first-order chi connectivity index (χ1) is 6.63. The van der Waals surface area contributed by atoms with E-state index in [1.54, 1.807) is 0 Å². The Morgan fingerprint density at radius 1 is 1.71 bits per heavy atom. The first-order valence-electron chi connectivity index (χ1n) is 5.30. The molecule has 4 heteroatoms. The lowest BCUT2D eigenvalue weighted by Gasteiger charge is -2.30. The second-order valence-corrected chi connectivity index (χ2v) is 3.93. The number of rotatable bonds is 4. The molecule has 3 unspecified atom stereocenters. The predicted molar refractivity (Wildman–Crippen MR) is 54.8 cm³/mol. The van der Waals surface area contributed by atoms with Gasteiger partial charge in [0.25, 0.3) is 0 Å². The molecule has 82 valence electrons. The highest BCUT2D eigenvalue weighted by Crippen LogP contribution is 2.14. The molecule has 1 aliphatic heterocycles. The van der Waals surface area contributed by atoms with E-state index in [2.05, 4.69) is 12.2 Å². The van der Waals surface area contributed by atoms with Crippen LogP contribution in [0.4, 0.5) is 0 Å². The molecule has 0 radical (unpaired) electrons. The van der Waals surface area contributed by atoms with Crippen LogP contribution >= 0.6 is 0 Å². The minimum absolute atomic E-state index is 0.190. The lowest BCUT2D eigenvalue weighted by molar-refractivity contribution is -0.120. The predicted octanol–water partition coefficient (Wildman–Crippen LogP) is 0.407. The van der Waals surface area contributed by atoms with Gasteiger partial charge in [0.05, 0.1) is 12.1 Å². The summed E-state index contributed by atoms with van der Waals surface area (Å²) in [7, 11) is 0. The minimum atomic E-state index is -0.258. The van der Waals surface area contributed by atoms with Crippen LogP contribution in [0.3, 0.4) is 0 Å². The largest absolute Gasteiger partial charge is 0.378 e. The monoisotopic (exact) mass is 200 g/mol. The topological polar surface area (TPSA) is 64.3 Å². The Morgan fingerprint density at radius 3 is 2.93 bits per heavy atom. The van der Waals surface area contributed by atoms with Crippen LogP contribution in [0.15, 0.2) is 0 Å². The van der Waals surface area contributed by atoms with Gasteiger partial charge in [0, 0.05) is 12.6 Å². The molecule has 0 aliphatic carbocycles. The maximum Gasteiger partial charge on any atom is 0.234 e. The molecule has 1 amide bonds. The van der Waals surface area contributed by atoms with Crippen molar-refractivity contribution in [2.45, 2.75) is 51.3 Å². The normalized spacial score (nSPS) is 29.9. The Balaban J connectivity index is 2.37. The molecule has 3 N–H and O–H groups in total. The van der Waals surface area contributed by atoms with Crippen LogP contribution in [-0.4, -0.2) is 30.7 Å². The van der Waals surface area contributed by atoms with Crippen LogP contribution in [-0.2, 0) is 9.53 Å². The lowest BCUT2D eigenvalue weighted by Crippen LogP contribution is -2.48. The summed E-state index contributed by atoms with van der Waals surface area (Å²) in [6, 6.07) is 0.182. The standard InChI is InChI=1S/C10H20N2O2/c1-3-9(10(11)13)12-8-4-5-14-7(2)6-8/h7-9,12H,3-6H2,1-2H3,(H2,11,13). The summed E-state index contributed by atoms with van der Waals surface area (Å²) in [4.78, 5) is 11.0. The molecular weight excluding hydrogens is 180 g/mol. The van der Waals surface area contributed by atoms with Gasteiger partial charge in [-0.25, -0.2) is 0 Å². The average Bonchev–Trinajstić information content (AvgIpc) is 2.14. The number of amides is 1. The Labute approximate surface area is 85.2 Å². The number of nitrogens with two attached hydrogens (primary N) is 1. The van der Waals surface area contributed by atoms with Crippen molar-refractivity contribution in [2.75, 3.05) is 6.61 Å². The maximum atomic E-state index is 11.0. The second kappa shape index (κ2) is 5.32.